The number of unbranched alkanes of at least 4 members (excludes halogenated alkanes) is 9. The molecule has 0 saturated carbocycles. The van der Waals surface area contributed by atoms with E-state index in [9.17, 15) is 14.4 Å². The first kappa shape index (κ1) is 63.8. The lowest BCUT2D eigenvalue weighted by Crippen LogP contribution is -2.30. The Hall–Kier alpha value is -5.23. The first-order valence-electron chi connectivity index (χ1n) is 26.7. The molecule has 0 N–H and O–H groups in total. The van der Waals surface area contributed by atoms with Crippen LogP contribution in [0.2, 0.25) is 0 Å². The van der Waals surface area contributed by atoms with E-state index < -0.39 is 6.10 Å². The zero-order chi connectivity index (χ0) is 50.0. The third kappa shape index (κ3) is 53.6. The van der Waals surface area contributed by atoms with E-state index >= 15 is 0 Å². The molecular weight excluding hydrogens is 853 g/mol. The first-order chi connectivity index (χ1) is 34.0. The smallest absolute Gasteiger partial charge is 0.306 e. The van der Waals surface area contributed by atoms with Crippen molar-refractivity contribution in [1.82, 2.24) is 0 Å². The topological polar surface area (TPSA) is 78.9 Å². The zero-order valence-corrected chi connectivity index (χ0v) is 43.5. The molecule has 0 rings (SSSR count). The molecule has 0 radical (unpaired) electrons. The highest BCUT2D eigenvalue weighted by atomic mass is 16.6. The Morgan fingerprint density at radius 3 is 0.957 bits per heavy atom. The van der Waals surface area contributed by atoms with Gasteiger partial charge in [-0.2, -0.15) is 0 Å². The van der Waals surface area contributed by atoms with E-state index in [0.29, 0.717) is 12.8 Å². The maximum Gasteiger partial charge on any atom is 0.306 e. The van der Waals surface area contributed by atoms with Gasteiger partial charge in [0.25, 0.3) is 0 Å². The molecule has 0 saturated heterocycles. The van der Waals surface area contributed by atoms with E-state index in [-0.39, 0.29) is 44.0 Å². The Labute approximate surface area is 422 Å². The van der Waals surface area contributed by atoms with Gasteiger partial charge < -0.3 is 14.2 Å². The summed E-state index contributed by atoms with van der Waals surface area (Å²) in [5, 5.41) is 0. The average Bonchev–Trinajstić information content (AvgIpc) is 3.35. The summed E-state index contributed by atoms with van der Waals surface area (Å²) in [6.07, 6.45) is 82.0. The monoisotopic (exact) mass is 947 g/mol. The molecule has 382 valence electrons. The van der Waals surface area contributed by atoms with Gasteiger partial charge in [-0.1, -0.05) is 210 Å². The number of carbonyl (C=O) groups excluding carboxylic acids is 3. The summed E-state index contributed by atoms with van der Waals surface area (Å²) in [7, 11) is 0. The van der Waals surface area contributed by atoms with Gasteiger partial charge in [0.1, 0.15) is 13.2 Å². The van der Waals surface area contributed by atoms with Gasteiger partial charge in [0.05, 0.1) is 0 Å². The van der Waals surface area contributed by atoms with Crippen LogP contribution in [0, 0.1) is 0 Å². The fraction of sp³-hybridized carbons (Fsp3) is 0.508. The van der Waals surface area contributed by atoms with E-state index in [1.165, 1.54) is 0 Å². The highest BCUT2D eigenvalue weighted by Crippen LogP contribution is 2.11. The molecule has 0 aromatic carbocycles. The fourth-order valence-corrected chi connectivity index (χ4v) is 6.39. The second-order valence-electron chi connectivity index (χ2n) is 16.7. The van der Waals surface area contributed by atoms with Crippen LogP contribution in [0.3, 0.4) is 0 Å². The minimum absolute atomic E-state index is 0.131. The first-order valence-corrected chi connectivity index (χ1v) is 26.7. The molecule has 0 aromatic rings. The van der Waals surface area contributed by atoms with Crippen LogP contribution in [0.4, 0.5) is 0 Å². The summed E-state index contributed by atoms with van der Waals surface area (Å²) in [6, 6.07) is 0. The summed E-state index contributed by atoms with van der Waals surface area (Å²) in [4.78, 5) is 38.1. The number of hydrogen-bond donors (Lipinski definition) is 0. The number of ether oxygens (including phenoxy) is 3. The van der Waals surface area contributed by atoms with Gasteiger partial charge in [-0.05, 0) is 128 Å². The molecule has 0 fully saturated rings. The second-order valence-corrected chi connectivity index (χ2v) is 16.7. The van der Waals surface area contributed by atoms with Crippen molar-refractivity contribution in [2.45, 2.75) is 194 Å². The molecule has 0 aliphatic heterocycles. The van der Waals surface area contributed by atoms with E-state index in [4.69, 9.17) is 14.2 Å². The number of carbonyl (C=O) groups is 3. The quantitative estimate of drug-likeness (QED) is 0.0199. The molecule has 1 atom stereocenters. The Morgan fingerprint density at radius 1 is 0.304 bits per heavy atom. The van der Waals surface area contributed by atoms with Gasteiger partial charge >= 0.3 is 17.9 Å². The molecule has 0 aromatic heterocycles. The van der Waals surface area contributed by atoms with Crippen molar-refractivity contribution in [3.63, 3.8) is 0 Å². The second kappa shape index (κ2) is 55.4. The molecule has 1 unspecified atom stereocenters. The molecule has 0 spiro atoms. The summed E-state index contributed by atoms with van der Waals surface area (Å²) in [5.74, 6) is -1.05. The Kier molecular flexibility index (Phi) is 51.2. The predicted molar refractivity (Wildman–Crippen MR) is 297 cm³/mol. The summed E-state index contributed by atoms with van der Waals surface area (Å²) in [5.41, 5.74) is 0. The van der Waals surface area contributed by atoms with Crippen LogP contribution in [0.5, 0.6) is 0 Å². The molecule has 0 aliphatic carbocycles. The van der Waals surface area contributed by atoms with Crippen LogP contribution < -0.4 is 0 Å². The van der Waals surface area contributed by atoms with Crippen LogP contribution in [0.15, 0.2) is 170 Å². The Bertz CT molecular complexity index is 1650. The van der Waals surface area contributed by atoms with Crippen molar-refractivity contribution in [1.29, 1.82) is 0 Å². The maximum atomic E-state index is 12.8. The van der Waals surface area contributed by atoms with Crippen molar-refractivity contribution in [3.8, 4) is 0 Å². The normalized spacial score (nSPS) is 13.5. The Morgan fingerprint density at radius 2 is 0.594 bits per heavy atom. The van der Waals surface area contributed by atoms with E-state index in [1.807, 2.05) is 36.5 Å². The van der Waals surface area contributed by atoms with Crippen LogP contribution in [0.25, 0.3) is 0 Å². The summed E-state index contributed by atoms with van der Waals surface area (Å²) < 4.78 is 16.7. The van der Waals surface area contributed by atoms with Crippen molar-refractivity contribution in [2.75, 3.05) is 13.2 Å². The van der Waals surface area contributed by atoms with E-state index in [0.717, 1.165) is 141 Å². The van der Waals surface area contributed by atoms with Crippen molar-refractivity contribution >= 4 is 17.9 Å². The molecule has 0 heterocycles. The number of allylic oxidation sites excluding steroid dienone is 28. The molecule has 0 amide bonds. The Balaban J connectivity index is 4.60. The third-order valence-electron chi connectivity index (χ3n) is 10.3. The molecule has 6 heteroatoms. The minimum atomic E-state index is -0.835. The number of hydrogen-bond acceptors (Lipinski definition) is 6. The zero-order valence-electron chi connectivity index (χ0n) is 43.5. The predicted octanol–water partition coefficient (Wildman–Crippen LogP) is 18.0. The standard InChI is InChI=1S/C63H94O6/c1-4-7-10-13-16-19-22-25-27-29-31-33-35-38-41-44-47-50-53-56-62(65)68-59-60(58-67-61(64)55-52-49-46-43-40-37-24-21-18-15-12-9-6-3)69-63(66)57-54-51-48-45-42-39-36-34-32-30-28-26-23-20-17-14-11-8-5-2/h7-12,15-21,24-28,31-34,37-42,60H,4-6,13-14,22-23,29-30,35-36,43-59H2,1-3H3/b10-7+,11-8+,12-9+,18-15+,19-16+,20-17+,24-21+,27-25+,28-26+,33-31+,34-32+,40-37+,41-38+,42-39+. The number of rotatable bonds is 45. The molecule has 69 heavy (non-hydrogen) atoms. The van der Waals surface area contributed by atoms with Gasteiger partial charge in [0.15, 0.2) is 6.10 Å². The maximum absolute atomic E-state index is 12.8. The fourth-order valence-electron chi connectivity index (χ4n) is 6.39. The van der Waals surface area contributed by atoms with Crippen LogP contribution in [-0.4, -0.2) is 37.2 Å². The van der Waals surface area contributed by atoms with Gasteiger partial charge in [-0.3, -0.25) is 14.4 Å². The van der Waals surface area contributed by atoms with Gasteiger partial charge in [-0.25, -0.2) is 0 Å². The molecular formula is C63H94O6. The number of esters is 3. The van der Waals surface area contributed by atoms with Crippen molar-refractivity contribution in [3.05, 3.63) is 170 Å². The highest BCUT2D eigenvalue weighted by Gasteiger charge is 2.19. The van der Waals surface area contributed by atoms with Crippen molar-refractivity contribution in [2.24, 2.45) is 0 Å². The molecule has 0 bridgehead atoms. The van der Waals surface area contributed by atoms with Crippen LogP contribution >= 0.6 is 0 Å². The van der Waals surface area contributed by atoms with Gasteiger partial charge in [0.2, 0.25) is 0 Å². The largest absolute Gasteiger partial charge is 0.462 e. The SMILES string of the molecule is CC/C=C/C=C/C=C/C=C/CCCCCC(=O)OCC(COC(=O)CCCCC/C=C/C/C=C/C/C=C/C/C=C/C/C=C/CC)OC(=O)CCCCC/C=C/C/C=C/C/C=C/C/C=C/C/C=C/CC. The van der Waals surface area contributed by atoms with E-state index in [2.05, 4.69) is 154 Å². The van der Waals surface area contributed by atoms with Crippen LogP contribution in [-0.2, 0) is 28.6 Å². The van der Waals surface area contributed by atoms with Gasteiger partial charge in [0, 0.05) is 19.3 Å². The van der Waals surface area contributed by atoms with Gasteiger partial charge in [-0.15, -0.1) is 0 Å². The summed E-state index contributed by atoms with van der Waals surface area (Å²) >= 11 is 0. The average molecular weight is 947 g/mol. The van der Waals surface area contributed by atoms with Crippen LogP contribution in [0.1, 0.15) is 188 Å². The molecule has 6 nitrogen and oxygen atoms in total. The summed E-state index contributed by atoms with van der Waals surface area (Å²) in [6.45, 7) is 6.15. The third-order valence-corrected chi connectivity index (χ3v) is 10.3. The lowest BCUT2D eigenvalue weighted by atomic mass is 10.1. The van der Waals surface area contributed by atoms with E-state index in [1.54, 1.807) is 0 Å². The van der Waals surface area contributed by atoms with Crippen molar-refractivity contribution < 1.29 is 28.6 Å². The minimum Gasteiger partial charge on any atom is -0.462 e. The lowest BCUT2D eigenvalue weighted by molar-refractivity contribution is -0.167. The lowest BCUT2D eigenvalue weighted by Gasteiger charge is -2.18. The molecule has 0 aliphatic rings. The highest BCUT2D eigenvalue weighted by molar-refractivity contribution is 5.71.